The van der Waals surface area contributed by atoms with Crippen molar-refractivity contribution in [3.8, 4) is 5.69 Å². The molecule has 4 rings (SSSR count). The quantitative estimate of drug-likeness (QED) is 0.726. The number of H-pyrrole nitrogens is 1. The number of fused-ring (bicyclic) bond motifs is 1. The summed E-state index contributed by atoms with van der Waals surface area (Å²) in [5.74, 6) is 0.578. The van der Waals surface area contributed by atoms with Gasteiger partial charge in [0.1, 0.15) is 10.6 Å². The molecular weight excluding hydrogens is 345 g/mol. The van der Waals surface area contributed by atoms with E-state index in [1.807, 2.05) is 12.4 Å². The molecule has 0 unspecified atom stereocenters. The van der Waals surface area contributed by atoms with Crippen molar-refractivity contribution in [1.29, 1.82) is 0 Å². The first-order chi connectivity index (χ1) is 10.4. The Kier molecular flexibility index (Phi) is 3.04. The SMILES string of the molecule is O=S(=O)(Cl)c1c[nH]c2c(-n3cc(C4CC4)cn3)c(Cl)ccc12. The maximum absolute atomic E-state index is 11.6. The lowest BCUT2D eigenvalue weighted by Crippen LogP contribution is -1.97. The second-order valence-electron chi connectivity index (χ2n) is 5.40. The van der Waals surface area contributed by atoms with Crippen molar-refractivity contribution < 1.29 is 8.42 Å². The molecule has 0 radical (unpaired) electrons. The molecule has 0 aliphatic heterocycles. The molecule has 1 N–H and O–H groups in total. The van der Waals surface area contributed by atoms with E-state index in [9.17, 15) is 8.42 Å². The molecule has 1 aromatic carbocycles. The number of nitrogens with zero attached hydrogens (tertiary/aromatic N) is 2. The number of hydrogen-bond acceptors (Lipinski definition) is 3. The minimum Gasteiger partial charge on any atom is -0.358 e. The van der Waals surface area contributed by atoms with Crippen LogP contribution in [-0.4, -0.2) is 23.2 Å². The van der Waals surface area contributed by atoms with Gasteiger partial charge in [-0.2, -0.15) is 5.10 Å². The Morgan fingerprint density at radius 1 is 1.32 bits per heavy atom. The topological polar surface area (TPSA) is 67.8 Å². The van der Waals surface area contributed by atoms with Gasteiger partial charge >= 0.3 is 0 Å². The first kappa shape index (κ1) is 14.1. The lowest BCUT2D eigenvalue weighted by Gasteiger charge is -2.06. The van der Waals surface area contributed by atoms with E-state index in [1.165, 1.54) is 24.6 Å². The van der Waals surface area contributed by atoms with E-state index >= 15 is 0 Å². The smallest absolute Gasteiger partial charge is 0.263 e. The second kappa shape index (κ2) is 4.75. The molecule has 114 valence electrons. The normalized spacial score (nSPS) is 15.5. The summed E-state index contributed by atoms with van der Waals surface area (Å²) in [6.07, 6.45) is 7.50. The Labute approximate surface area is 136 Å². The van der Waals surface area contributed by atoms with Crippen LogP contribution in [0.1, 0.15) is 24.3 Å². The van der Waals surface area contributed by atoms with Crippen LogP contribution in [0, 0.1) is 0 Å². The predicted molar refractivity (Wildman–Crippen MR) is 85.4 cm³/mol. The average molecular weight is 356 g/mol. The molecule has 0 atom stereocenters. The molecule has 3 aromatic rings. The highest BCUT2D eigenvalue weighted by Crippen LogP contribution is 2.40. The van der Waals surface area contributed by atoms with Gasteiger partial charge in [0.2, 0.25) is 0 Å². The summed E-state index contributed by atoms with van der Waals surface area (Å²) in [4.78, 5) is 2.99. The van der Waals surface area contributed by atoms with Crippen molar-refractivity contribution in [2.45, 2.75) is 23.7 Å². The number of benzene rings is 1. The van der Waals surface area contributed by atoms with Crippen LogP contribution < -0.4 is 0 Å². The van der Waals surface area contributed by atoms with Gasteiger partial charge in [0.25, 0.3) is 9.05 Å². The number of halogens is 2. The van der Waals surface area contributed by atoms with E-state index in [0.717, 1.165) is 0 Å². The fraction of sp³-hybridized carbons (Fsp3) is 0.214. The van der Waals surface area contributed by atoms with Crippen LogP contribution >= 0.6 is 22.3 Å². The van der Waals surface area contributed by atoms with E-state index in [2.05, 4.69) is 10.1 Å². The largest absolute Gasteiger partial charge is 0.358 e. The monoisotopic (exact) mass is 355 g/mol. The number of aromatic amines is 1. The van der Waals surface area contributed by atoms with Gasteiger partial charge < -0.3 is 4.98 Å². The van der Waals surface area contributed by atoms with Gasteiger partial charge in [0.05, 0.1) is 16.7 Å². The third kappa shape index (κ3) is 2.22. The van der Waals surface area contributed by atoms with Crippen molar-refractivity contribution >= 4 is 42.2 Å². The van der Waals surface area contributed by atoms with Gasteiger partial charge in [0, 0.05) is 28.5 Å². The van der Waals surface area contributed by atoms with Gasteiger partial charge in [0.15, 0.2) is 0 Å². The molecule has 5 nitrogen and oxygen atoms in total. The van der Waals surface area contributed by atoms with E-state index in [0.29, 0.717) is 27.5 Å². The summed E-state index contributed by atoms with van der Waals surface area (Å²) in [5.41, 5.74) is 2.39. The zero-order valence-electron chi connectivity index (χ0n) is 11.3. The van der Waals surface area contributed by atoms with E-state index < -0.39 is 9.05 Å². The van der Waals surface area contributed by atoms with Gasteiger partial charge in [-0.05, 0) is 36.5 Å². The first-order valence-corrected chi connectivity index (χ1v) is 9.43. The van der Waals surface area contributed by atoms with E-state index in [1.54, 1.807) is 16.8 Å². The second-order valence-corrected chi connectivity index (χ2v) is 8.34. The maximum Gasteiger partial charge on any atom is 0.263 e. The van der Waals surface area contributed by atoms with Crippen molar-refractivity contribution in [3.05, 3.63) is 41.3 Å². The molecule has 1 saturated carbocycles. The summed E-state index contributed by atoms with van der Waals surface area (Å²) < 4.78 is 24.9. The van der Waals surface area contributed by atoms with E-state index in [-0.39, 0.29) is 4.90 Å². The number of nitrogens with one attached hydrogen (secondary N) is 1. The molecular formula is C14H11Cl2N3O2S. The standard InChI is InChI=1S/C14H11Cl2N3O2S/c15-11-4-3-10-12(22(16,20)21)6-17-13(10)14(11)19-7-9(5-18-19)8-1-2-8/h3-8,17H,1-2H2. The molecule has 0 spiro atoms. The number of hydrogen-bond donors (Lipinski definition) is 1. The molecule has 22 heavy (non-hydrogen) atoms. The van der Waals surface area contributed by atoms with Crippen LogP contribution in [0.25, 0.3) is 16.6 Å². The minimum absolute atomic E-state index is 0.0386. The number of rotatable bonds is 3. The zero-order valence-corrected chi connectivity index (χ0v) is 13.6. The van der Waals surface area contributed by atoms with Crippen LogP contribution in [-0.2, 0) is 9.05 Å². The van der Waals surface area contributed by atoms with Crippen LogP contribution in [0.5, 0.6) is 0 Å². The first-order valence-electron chi connectivity index (χ1n) is 6.74. The summed E-state index contributed by atoms with van der Waals surface area (Å²) >= 11 is 6.30. The Morgan fingerprint density at radius 3 is 2.77 bits per heavy atom. The lowest BCUT2D eigenvalue weighted by atomic mass is 10.2. The lowest BCUT2D eigenvalue weighted by molar-refractivity contribution is 0.610. The third-order valence-corrected chi connectivity index (χ3v) is 5.55. The van der Waals surface area contributed by atoms with Crippen LogP contribution in [0.4, 0.5) is 0 Å². The minimum atomic E-state index is -3.83. The molecule has 1 aliphatic rings. The summed E-state index contributed by atoms with van der Waals surface area (Å²) in [5, 5.41) is 5.34. The van der Waals surface area contributed by atoms with Crippen molar-refractivity contribution in [2.24, 2.45) is 0 Å². The molecule has 0 bridgehead atoms. The van der Waals surface area contributed by atoms with Crippen molar-refractivity contribution in [2.75, 3.05) is 0 Å². The Morgan fingerprint density at radius 2 is 2.09 bits per heavy atom. The maximum atomic E-state index is 11.6. The zero-order chi connectivity index (χ0) is 15.5. The number of aromatic nitrogens is 3. The molecule has 1 aliphatic carbocycles. The summed E-state index contributed by atoms with van der Waals surface area (Å²) in [7, 11) is 1.64. The van der Waals surface area contributed by atoms with Crippen molar-refractivity contribution in [3.63, 3.8) is 0 Å². The average Bonchev–Trinajstić information content (AvgIpc) is 3.02. The molecule has 0 amide bonds. The molecule has 2 heterocycles. The summed E-state index contributed by atoms with van der Waals surface area (Å²) in [6, 6.07) is 3.29. The van der Waals surface area contributed by atoms with E-state index in [4.69, 9.17) is 22.3 Å². The van der Waals surface area contributed by atoms with Crippen LogP contribution in [0.3, 0.4) is 0 Å². The van der Waals surface area contributed by atoms with Gasteiger partial charge in [-0.25, -0.2) is 13.1 Å². The molecule has 1 fully saturated rings. The Hall–Kier alpha value is -1.50. The fourth-order valence-electron chi connectivity index (χ4n) is 2.64. The summed E-state index contributed by atoms with van der Waals surface area (Å²) in [6.45, 7) is 0. The molecule has 0 saturated heterocycles. The van der Waals surface area contributed by atoms with Gasteiger partial charge in [-0.15, -0.1) is 0 Å². The predicted octanol–water partition coefficient (Wildman–Crippen LogP) is 3.81. The molecule has 2 aromatic heterocycles. The van der Waals surface area contributed by atoms with Crippen molar-refractivity contribution in [1.82, 2.24) is 14.8 Å². The highest BCUT2D eigenvalue weighted by atomic mass is 35.7. The van der Waals surface area contributed by atoms with Gasteiger partial charge in [-0.1, -0.05) is 11.6 Å². The highest BCUT2D eigenvalue weighted by molar-refractivity contribution is 8.14. The van der Waals surface area contributed by atoms with Gasteiger partial charge in [-0.3, -0.25) is 0 Å². The third-order valence-electron chi connectivity index (χ3n) is 3.88. The highest BCUT2D eigenvalue weighted by Gasteiger charge is 2.26. The Balaban J connectivity index is 1.96. The molecule has 8 heteroatoms. The Bertz CT molecular complexity index is 987. The van der Waals surface area contributed by atoms with Crippen LogP contribution in [0.2, 0.25) is 5.02 Å². The fourth-order valence-corrected chi connectivity index (χ4v) is 3.90. The van der Waals surface area contributed by atoms with Crippen LogP contribution in [0.15, 0.2) is 35.6 Å².